The van der Waals surface area contributed by atoms with Crippen molar-refractivity contribution in [1.29, 1.82) is 0 Å². The van der Waals surface area contributed by atoms with Gasteiger partial charge in [-0.05, 0) is 54.2 Å². The lowest BCUT2D eigenvalue weighted by molar-refractivity contribution is 0.475. The molecule has 4 nitrogen and oxygen atoms in total. The van der Waals surface area contributed by atoms with Crippen LogP contribution >= 0.6 is 12.2 Å². The highest BCUT2D eigenvalue weighted by molar-refractivity contribution is 7.80. The van der Waals surface area contributed by atoms with Gasteiger partial charge < -0.3 is 10.4 Å². The maximum atomic E-state index is 12.7. The van der Waals surface area contributed by atoms with E-state index in [2.05, 4.69) is 15.8 Å². The highest BCUT2D eigenvalue weighted by atomic mass is 32.1. The van der Waals surface area contributed by atoms with Gasteiger partial charge in [-0.2, -0.15) is 5.10 Å². The molecule has 0 atom stereocenters. The number of hydrogen-bond donors (Lipinski definition) is 3. The molecule has 2 aromatic carbocycles. The molecule has 2 aromatic rings. The van der Waals surface area contributed by atoms with Crippen LogP contribution in [-0.2, 0) is 0 Å². The number of anilines is 1. The number of hydrazone groups is 1. The Labute approximate surface area is 121 Å². The highest BCUT2D eigenvalue weighted by Gasteiger charge is 1.96. The van der Waals surface area contributed by atoms with E-state index in [1.807, 2.05) is 0 Å². The Morgan fingerprint density at radius 1 is 1.20 bits per heavy atom. The third kappa shape index (κ3) is 4.33. The zero-order valence-corrected chi connectivity index (χ0v) is 11.2. The molecule has 0 saturated heterocycles. The molecule has 0 unspecified atom stereocenters. The first-order valence-corrected chi connectivity index (χ1v) is 6.19. The van der Waals surface area contributed by atoms with Crippen molar-refractivity contribution in [3.05, 3.63) is 59.9 Å². The summed E-state index contributed by atoms with van der Waals surface area (Å²) in [5, 5.41) is 16.4. The Balaban J connectivity index is 1.87. The predicted molar refractivity (Wildman–Crippen MR) is 81.5 cm³/mol. The fourth-order valence-electron chi connectivity index (χ4n) is 1.46. The van der Waals surface area contributed by atoms with Crippen molar-refractivity contribution in [1.82, 2.24) is 5.43 Å². The second-order valence-electron chi connectivity index (χ2n) is 3.93. The lowest BCUT2D eigenvalue weighted by atomic mass is 10.2. The molecule has 0 fully saturated rings. The fraction of sp³-hybridized carbons (Fsp3) is 0. The quantitative estimate of drug-likeness (QED) is 0.462. The number of nitrogens with one attached hydrogen (secondary N) is 2. The predicted octanol–water partition coefficient (Wildman–Crippen LogP) is 2.85. The maximum absolute atomic E-state index is 12.7. The van der Waals surface area contributed by atoms with Crippen LogP contribution in [0.5, 0.6) is 5.75 Å². The van der Waals surface area contributed by atoms with Gasteiger partial charge in [0.05, 0.1) is 6.21 Å². The summed E-state index contributed by atoms with van der Waals surface area (Å²) in [4.78, 5) is 0. The van der Waals surface area contributed by atoms with E-state index in [0.29, 0.717) is 5.69 Å². The zero-order chi connectivity index (χ0) is 14.4. The largest absolute Gasteiger partial charge is 0.508 e. The summed E-state index contributed by atoms with van der Waals surface area (Å²) in [6.07, 6.45) is 1.53. The van der Waals surface area contributed by atoms with Gasteiger partial charge in [0.1, 0.15) is 11.6 Å². The second-order valence-corrected chi connectivity index (χ2v) is 4.33. The monoisotopic (exact) mass is 289 g/mol. The SMILES string of the molecule is Oc1cccc(/C=N/NC(=S)Nc2ccc(F)cc2)c1. The number of rotatable bonds is 3. The third-order valence-corrected chi connectivity index (χ3v) is 2.55. The van der Waals surface area contributed by atoms with Crippen molar-refractivity contribution in [3.8, 4) is 5.75 Å². The van der Waals surface area contributed by atoms with Gasteiger partial charge in [0.25, 0.3) is 0 Å². The fourth-order valence-corrected chi connectivity index (χ4v) is 1.63. The lowest BCUT2D eigenvalue weighted by Gasteiger charge is -2.06. The molecule has 0 aliphatic rings. The summed E-state index contributed by atoms with van der Waals surface area (Å²) < 4.78 is 12.7. The van der Waals surface area contributed by atoms with E-state index < -0.39 is 0 Å². The third-order valence-electron chi connectivity index (χ3n) is 2.35. The number of halogens is 1. The van der Waals surface area contributed by atoms with Crippen LogP contribution in [0.4, 0.5) is 10.1 Å². The van der Waals surface area contributed by atoms with E-state index in [4.69, 9.17) is 12.2 Å². The number of phenolic OH excluding ortho intramolecular Hbond substituents is 1. The van der Waals surface area contributed by atoms with Gasteiger partial charge in [0.15, 0.2) is 5.11 Å². The average Bonchev–Trinajstić information content (AvgIpc) is 2.41. The molecule has 0 radical (unpaired) electrons. The molecule has 6 heteroatoms. The molecular formula is C14H12FN3OS. The molecule has 3 N–H and O–H groups in total. The Morgan fingerprint density at radius 3 is 2.65 bits per heavy atom. The smallest absolute Gasteiger partial charge is 0.191 e. The standard InChI is InChI=1S/C14H12FN3OS/c15-11-4-6-12(7-5-11)17-14(20)18-16-9-10-2-1-3-13(19)8-10/h1-9,19H,(H2,17,18,20)/b16-9+. The number of nitrogens with zero attached hydrogens (tertiary/aromatic N) is 1. The molecule has 0 bridgehead atoms. The molecule has 0 aromatic heterocycles. The van der Waals surface area contributed by atoms with E-state index in [0.717, 1.165) is 5.56 Å². The molecule has 102 valence electrons. The van der Waals surface area contributed by atoms with Gasteiger partial charge in [-0.25, -0.2) is 4.39 Å². The molecule has 20 heavy (non-hydrogen) atoms. The Hall–Kier alpha value is -2.47. The first-order valence-electron chi connectivity index (χ1n) is 5.78. The number of benzene rings is 2. The van der Waals surface area contributed by atoms with Crippen LogP contribution in [0, 0.1) is 5.82 Å². The molecule has 0 aliphatic carbocycles. The number of phenols is 1. The van der Waals surface area contributed by atoms with Crippen LogP contribution in [0.1, 0.15) is 5.56 Å². The minimum Gasteiger partial charge on any atom is -0.508 e. The van der Waals surface area contributed by atoms with Gasteiger partial charge in [0.2, 0.25) is 0 Å². The van der Waals surface area contributed by atoms with Gasteiger partial charge in [0, 0.05) is 5.69 Å². The van der Waals surface area contributed by atoms with E-state index in [1.54, 1.807) is 36.4 Å². The van der Waals surface area contributed by atoms with Crippen LogP contribution in [0.25, 0.3) is 0 Å². The number of hydrogen-bond acceptors (Lipinski definition) is 3. The van der Waals surface area contributed by atoms with E-state index in [9.17, 15) is 9.50 Å². The van der Waals surface area contributed by atoms with E-state index in [1.165, 1.54) is 18.3 Å². The van der Waals surface area contributed by atoms with Crippen molar-refractivity contribution in [3.63, 3.8) is 0 Å². The second kappa shape index (κ2) is 6.63. The molecule has 0 amide bonds. The van der Waals surface area contributed by atoms with Gasteiger partial charge >= 0.3 is 0 Å². The maximum Gasteiger partial charge on any atom is 0.191 e. The summed E-state index contributed by atoms with van der Waals surface area (Å²) in [6, 6.07) is 12.5. The number of thiocarbonyl (C=S) groups is 1. The topological polar surface area (TPSA) is 56.7 Å². The molecule has 0 saturated carbocycles. The van der Waals surface area contributed by atoms with Crippen molar-refractivity contribution >= 4 is 29.2 Å². The summed E-state index contributed by atoms with van der Waals surface area (Å²) in [5.41, 5.74) is 4.03. The number of aromatic hydroxyl groups is 1. The van der Waals surface area contributed by atoms with Gasteiger partial charge in [-0.1, -0.05) is 12.1 Å². The summed E-state index contributed by atoms with van der Waals surface area (Å²) in [6.45, 7) is 0. The highest BCUT2D eigenvalue weighted by Crippen LogP contribution is 2.09. The van der Waals surface area contributed by atoms with Gasteiger partial charge in [-0.3, -0.25) is 5.43 Å². The minimum absolute atomic E-state index is 0.168. The lowest BCUT2D eigenvalue weighted by Crippen LogP contribution is -2.23. The van der Waals surface area contributed by atoms with Crippen molar-refractivity contribution in [2.75, 3.05) is 5.32 Å². The van der Waals surface area contributed by atoms with E-state index in [-0.39, 0.29) is 16.7 Å². The first-order chi connectivity index (χ1) is 9.63. The Morgan fingerprint density at radius 2 is 1.95 bits per heavy atom. The van der Waals surface area contributed by atoms with Crippen molar-refractivity contribution < 1.29 is 9.50 Å². The molecular weight excluding hydrogens is 277 g/mol. The minimum atomic E-state index is -0.309. The van der Waals surface area contributed by atoms with Crippen LogP contribution in [0.2, 0.25) is 0 Å². The van der Waals surface area contributed by atoms with Crippen molar-refractivity contribution in [2.24, 2.45) is 5.10 Å². The van der Waals surface area contributed by atoms with Crippen LogP contribution in [0.3, 0.4) is 0 Å². The summed E-state index contributed by atoms with van der Waals surface area (Å²) in [7, 11) is 0. The van der Waals surface area contributed by atoms with Crippen LogP contribution < -0.4 is 10.7 Å². The normalized spacial score (nSPS) is 10.4. The summed E-state index contributed by atoms with van der Waals surface area (Å²) in [5.74, 6) is -0.141. The summed E-state index contributed by atoms with van der Waals surface area (Å²) >= 11 is 5.03. The van der Waals surface area contributed by atoms with E-state index >= 15 is 0 Å². The zero-order valence-electron chi connectivity index (χ0n) is 10.4. The van der Waals surface area contributed by atoms with Crippen molar-refractivity contribution in [2.45, 2.75) is 0 Å². The van der Waals surface area contributed by atoms with Crippen LogP contribution in [-0.4, -0.2) is 16.4 Å². The van der Waals surface area contributed by atoms with Crippen LogP contribution in [0.15, 0.2) is 53.6 Å². The molecule has 0 spiro atoms. The first kappa shape index (κ1) is 14.0. The average molecular weight is 289 g/mol. The Kier molecular flexibility index (Phi) is 4.62. The van der Waals surface area contributed by atoms with Gasteiger partial charge in [-0.15, -0.1) is 0 Å². The molecule has 0 heterocycles. The Bertz CT molecular complexity index is 629. The molecule has 0 aliphatic heterocycles. The molecule has 2 rings (SSSR count).